The third-order valence-corrected chi connectivity index (χ3v) is 5.12. The first-order valence-electron chi connectivity index (χ1n) is 8.88. The van der Waals surface area contributed by atoms with E-state index in [2.05, 4.69) is 33.6 Å². The molecular formula is C19H25N3O3. The summed E-state index contributed by atoms with van der Waals surface area (Å²) in [5.74, 6) is 4.10. The summed E-state index contributed by atoms with van der Waals surface area (Å²) >= 11 is 0. The topological polar surface area (TPSA) is 48.8 Å². The van der Waals surface area contributed by atoms with Gasteiger partial charge in [-0.15, -0.1) is 0 Å². The maximum Gasteiger partial charge on any atom is 0.231 e. The summed E-state index contributed by atoms with van der Waals surface area (Å²) in [6.07, 6.45) is 7.46. The van der Waals surface area contributed by atoms with E-state index in [0.29, 0.717) is 5.92 Å². The van der Waals surface area contributed by atoms with E-state index in [1.165, 1.54) is 24.2 Å². The number of aryl methyl sites for hydroxylation is 1. The quantitative estimate of drug-likeness (QED) is 0.835. The highest BCUT2D eigenvalue weighted by Gasteiger charge is 2.24. The average molecular weight is 343 g/mol. The third kappa shape index (κ3) is 3.44. The van der Waals surface area contributed by atoms with Gasteiger partial charge in [0.05, 0.1) is 7.11 Å². The molecule has 4 rings (SSSR count). The van der Waals surface area contributed by atoms with E-state index in [4.69, 9.17) is 14.2 Å². The van der Waals surface area contributed by atoms with Crippen LogP contribution in [0.1, 0.15) is 24.2 Å². The number of aromatic nitrogens is 2. The molecule has 6 nitrogen and oxygen atoms in total. The van der Waals surface area contributed by atoms with Crippen LogP contribution in [0.5, 0.6) is 17.2 Å². The minimum Gasteiger partial charge on any atom is -0.493 e. The summed E-state index contributed by atoms with van der Waals surface area (Å²) in [6.45, 7) is 3.41. The fourth-order valence-corrected chi connectivity index (χ4v) is 3.85. The van der Waals surface area contributed by atoms with Gasteiger partial charge < -0.3 is 18.8 Å². The Bertz CT molecular complexity index is 744. The molecular weight excluding hydrogens is 318 g/mol. The first-order chi connectivity index (χ1) is 12.2. The van der Waals surface area contributed by atoms with Crippen molar-refractivity contribution in [1.82, 2.24) is 14.5 Å². The van der Waals surface area contributed by atoms with Gasteiger partial charge in [0.15, 0.2) is 11.5 Å². The molecule has 1 fully saturated rings. The molecule has 1 saturated heterocycles. The number of imidazole rings is 1. The molecule has 2 aromatic rings. The molecule has 2 aliphatic heterocycles. The number of nitrogens with zero attached hydrogens (tertiary/aromatic N) is 3. The van der Waals surface area contributed by atoms with Gasteiger partial charge in [0.25, 0.3) is 0 Å². The minimum atomic E-state index is 0.268. The number of fused-ring (bicyclic) bond motifs is 1. The zero-order chi connectivity index (χ0) is 17.2. The van der Waals surface area contributed by atoms with Gasteiger partial charge in [-0.2, -0.15) is 0 Å². The molecule has 25 heavy (non-hydrogen) atoms. The normalized spacial score (nSPS) is 20.0. The molecule has 0 aliphatic carbocycles. The number of rotatable bonds is 5. The Morgan fingerprint density at radius 3 is 3.04 bits per heavy atom. The summed E-state index contributed by atoms with van der Waals surface area (Å²) < 4.78 is 18.6. The Balaban J connectivity index is 1.43. The largest absolute Gasteiger partial charge is 0.493 e. The SMILES string of the molecule is COc1cc(CN2CCC[C@@H](Cc3nccn3C)C2)cc2c1OCO2. The van der Waals surface area contributed by atoms with E-state index >= 15 is 0 Å². The van der Waals surface area contributed by atoms with E-state index in [0.717, 1.165) is 43.3 Å². The molecule has 6 heteroatoms. The Labute approximate surface area is 148 Å². The maximum absolute atomic E-state index is 5.54. The van der Waals surface area contributed by atoms with Crippen LogP contribution in [-0.2, 0) is 20.0 Å². The number of ether oxygens (including phenoxy) is 3. The van der Waals surface area contributed by atoms with Crippen LogP contribution in [0.15, 0.2) is 24.5 Å². The van der Waals surface area contributed by atoms with Crippen LogP contribution in [0.2, 0.25) is 0 Å². The average Bonchev–Trinajstić information content (AvgIpc) is 3.24. The predicted molar refractivity (Wildman–Crippen MR) is 94.0 cm³/mol. The molecule has 0 saturated carbocycles. The van der Waals surface area contributed by atoms with E-state index in [1.807, 2.05) is 12.4 Å². The van der Waals surface area contributed by atoms with Crippen LogP contribution in [0, 0.1) is 5.92 Å². The van der Waals surface area contributed by atoms with Crippen molar-refractivity contribution >= 4 is 0 Å². The maximum atomic E-state index is 5.54. The second-order valence-electron chi connectivity index (χ2n) is 6.93. The van der Waals surface area contributed by atoms with Crippen LogP contribution in [0.25, 0.3) is 0 Å². The molecule has 3 heterocycles. The molecule has 0 spiro atoms. The number of piperidine rings is 1. The van der Waals surface area contributed by atoms with Crippen molar-refractivity contribution in [1.29, 1.82) is 0 Å². The molecule has 0 amide bonds. The van der Waals surface area contributed by atoms with Gasteiger partial charge in [0.2, 0.25) is 12.5 Å². The van der Waals surface area contributed by atoms with Crippen LogP contribution in [-0.4, -0.2) is 41.4 Å². The number of methoxy groups -OCH3 is 1. The number of benzene rings is 1. The molecule has 134 valence electrons. The lowest BCUT2D eigenvalue weighted by atomic mass is 9.94. The fraction of sp³-hybridized carbons (Fsp3) is 0.526. The second-order valence-corrected chi connectivity index (χ2v) is 6.93. The van der Waals surface area contributed by atoms with Crippen molar-refractivity contribution in [3.05, 3.63) is 35.9 Å². The van der Waals surface area contributed by atoms with E-state index < -0.39 is 0 Å². The summed E-state index contributed by atoms with van der Waals surface area (Å²) in [7, 11) is 3.74. The van der Waals surface area contributed by atoms with Gasteiger partial charge >= 0.3 is 0 Å². The van der Waals surface area contributed by atoms with Gasteiger partial charge in [-0.1, -0.05) is 0 Å². The lowest BCUT2D eigenvalue weighted by molar-refractivity contribution is 0.165. The van der Waals surface area contributed by atoms with E-state index in [1.54, 1.807) is 7.11 Å². The molecule has 0 N–H and O–H groups in total. The molecule has 0 bridgehead atoms. The van der Waals surface area contributed by atoms with Crippen LogP contribution >= 0.6 is 0 Å². The Kier molecular flexibility index (Phi) is 4.53. The van der Waals surface area contributed by atoms with Crippen molar-refractivity contribution in [2.45, 2.75) is 25.8 Å². The van der Waals surface area contributed by atoms with Crippen LogP contribution in [0.4, 0.5) is 0 Å². The van der Waals surface area contributed by atoms with Crippen molar-refractivity contribution < 1.29 is 14.2 Å². The van der Waals surface area contributed by atoms with Crippen molar-refractivity contribution in [3.63, 3.8) is 0 Å². The first kappa shape index (κ1) is 16.3. The molecule has 1 atom stereocenters. The highest BCUT2D eigenvalue weighted by Crippen LogP contribution is 2.42. The van der Waals surface area contributed by atoms with Crippen LogP contribution in [0.3, 0.4) is 0 Å². The summed E-state index contributed by atoms with van der Waals surface area (Å²) in [5, 5.41) is 0. The molecule has 0 radical (unpaired) electrons. The zero-order valence-electron chi connectivity index (χ0n) is 14.9. The van der Waals surface area contributed by atoms with Gasteiger partial charge in [-0.3, -0.25) is 4.90 Å². The molecule has 1 aromatic heterocycles. The van der Waals surface area contributed by atoms with E-state index in [-0.39, 0.29) is 6.79 Å². The number of hydrogen-bond donors (Lipinski definition) is 0. The lowest BCUT2D eigenvalue weighted by Gasteiger charge is -2.32. The fourth-order valence-electron chi connectivity index (χ4n) is 3.85. The van der Waals surface area contributed by atoms with Crippen molar-refractivity contribution in [2.24, 2.45) is 13.0 Å². The van der Waals surface area contributed by atoms with Crippen molar-refractivity contribution in [3.8, 4) is 17.2 Å². The van der Waals surface area contributed by atoms with Gasteiger partial charge in [0.1, 0.15) is 5.82 Å². The van der Waals surface area contributed by atoms with E-state index in [9.17, 15) is 0 Å². The highest BCUT2D eigenvalue weighted by molar-refractivity contribution is 5.55. The summed E-state index contributed by atoms with van der Waals surface area (Å²) in [5.41, 5.74) is 1.21. The standard InChI is InChI=1S/C19H25N3O3/c1-21-7-5-20-18(21)10-14-4-3-6-22(11-14)12-15-8-16(23-2)19-17(9-15)24-13-25-19/h5,7-9,14H,3-4,6,10-13H2,1-2H3/t14-/m0/s1. The minimum absolute atomic E-state index is 0.268. The van der Waals surface area contributed by atoms with Crippen molar-refractivity contribution in [2.75, 3.05) is 27.0 Å². The number of hydrogen-bond acceptors (Lipinski definition) is 5. The summed E-state index contributed by atoms with van der Waals surface area (Å²) in [6, 6.07) is 4.14. The predicted octanol–water partition coefficient (Wildman–Crippen LogP) is 2.61. The third-order valence-electron chi connectivity index (χ3n) is 5.12. The Morgan fingerprint density at radius 2 is 2.24 bits per heavy atom. The molecule has 1 aromatic carbocycles. The van der Waals surface area contributed by atoms with Gasteiger partial charge in [-0.25, -0.2) is 4.98 Å². The lowest BCUT2D eigenvalue weighted by Crippen LogP contribution is -2.36. The molecule has 2 aliphatic rings. The smallest absolute Gasteiger partial charge is 0.231 e. The zero-order valence-corrected chi connectivity index (χ0v) is 14.9. The first-order valence-corrected chi connectivity index (χ1v) is 8.88. The summed E-state index contributed by atoms with van der Waals surface area (Å²) in [4.78, 5) is 7.00. The highest BCUT2D eigenvalue weighted by atomic mass is 16.7. The van der Waals surface area contributed by atoms with Crippen LogP contribution < -0.4 is 14.2 Å². The number of likely N-dealkylation sites (tertiary alicyclic amines) is 1. The molecule has 0 unspecified atom stereocenters. The monoisotopic (exact) mass is 343 g/mol. The Morgan fingerprint density at radius 1 is 1.32 bits per heavy atom. The second kappa shape index (κ2) is 6.96. The Hall–Kier alpha value is -2.21. The van der Waals surface area contributed by atoms with Gasteiger partial charge in [0, 0.05) is 39.0 Å². The van der Waals surface area contributed by atoms with Gasteiger partial charge in [-0.05, 0) is 43.0 Å².